The summed E-state index contributed by atoms with van der Waals surface area (Å²) in [5.41, 5.74) is 3.12. The smallest absolute Gasteiger partial charge is 0.339 e. The fourth-order valence-electron chi connectivity index (χ4n) is 3.47. The van der Waals surface area contributed by atoms with Gasteiger partial charge in [-0.25, -0.2) is 4.79 Å². The zero-order valence-corrected chi connectivity index (χ0v) is 16.1. The normalized spacial score (nSPS) is 11.6. The van der Waals surface area contributed by atoms with Crippen molar-refractivity contribution >= 4 is 5.97 Å². The Labute approximate surface area is 165 Å². The van der Waals surface area contributed by atoms with Gasteiger partial charge in [-0.05, 0) is 24.1 Å². The van der Waals surface area contributed by atoms with E-state index in [2.05, 4.69) is 6.92 Å². The van der Waals surface area contributed by atoms with Crippen LogP contribution in [0.3, 0.4) is 0 Å². The molecule has 0 aromatic heterocycles. The molecule has 3 aromatic carbocycles. The summed E-state index contributed by atoms with van der Waals surface area (Å²) in [5.74, 6) is 0.157. The number of rotatable bonds is 8. The molecule has 0 aliphatic rings. The topological polar surface area (TPSA) is 55.8 Å². The van der Waals surface area contributed by atoms with Crippen molar-refractivity contribution in [2.75, 3.05) is 7.11 Å². The number of hydrogen-bond acceptors (Lipinski definition) is 3. The number of aromatic carboxylic acids is 1. The highest BCUT2D eigenvalue weighted by molar-refractivity contribution is 5.91. The van der Waals surface area contributed by atoms with E-state index in [9.17, 15) is 9.90 Å². The Morgan fingerprint density at radius 1 is 0.929 bits per heavy atom. The van der Waals surface area contributed by atoms with Crippen LogP contribution in [0.4, 0.5) is 0 Å². The molecule has 0 aliphatic carbocycles. The Hall–Kier alpha value is -3.27. The summed E-state index contributed by atoms with van der Waals surface area (Å²) in [4.78, 5) is 11.6. The van der Waals surface area contributed by atoms with Crippen LogP contribution in [-0.2, 0) is 6.61 Å². The molecule has 0 fully saturated rings. The van der Waals surface area contributed by atoms with Gasteiger partial charge in [-0.3, -0.25) is 0 Å². The molecule has 0 spiro atoms. The van der Waals surface area contributed by atoms with Gasteiger partial charge in [0.1, 0.15) is 23.7 Å². The Morgan fingerprint density at radius 2 is 1.61 bits per heavy atom. The molecule has 3 aromatic rings. The molecule has 0 amide bonds. The van der Waals surface area contributed by atoms with E-state index < -0.39 is 5.97 Å². The summed E-state index contributed by atoms with van der Waals surface area (Å²) >= 11 is 0. The van der Waals surface area contributed by atoms with Crippen molar-refractivity contribution < 1.29 is 19.4 Å². The maximum atomic E-state index is 11.6. The molecular weight excluding hydrogens is 352 g/mol. The lowest BCUT2D eigenvalue weighted by molar-refractivity contribution is 0.0693. The number of hydrogen-bond donors (Lipinski definition) is 1. The second-order valence-electron chi connectivity index (χ2n) is 6.51. The minimum Gasteiger partial charge on any atom is -0.496 e. The maximum absolute atomic E-state index is 11.6. The lowest BCUT2D eigenvalue weighted by Gasteiger charge is -2.22. The van der Waals surface area contributed by atoms with Crippen molar-refractivity contribution in [3.05, 3.63) is 95.1 Å². The molecule has 1 unspecified atom stereocenters. The van der Waals surface area contributed by atoms with E-state index in [1.807, 2.05) is 60.7 Å². The standard InChI is InChI=1S/C24H24O4/c1-3-18(20-13-9-14-21(24(25)26)23(20)27-2)19-12-7-8-15-22(19)28-16-17-10-5-4-6-11-17/h4-15,18H,3,16H2,1-2H3,(H,25,26). The van der Waals surface area contributed by atoms with E-state index in [4.69, 9.17) is 9.47 Å². The summed E-state index contributed by atoms with van der Waals surface area (Å²) in [6.45, 7) is 2.55. The van der Waals surface area contributed by atoms with Crippen LogP contribution in [0, 0.1) is 0 Å². The molecule has 0 saturated carbocycles. The van der Waals surface area contributed by atoms with Gasteiger partial charge in [0.2, 0.25) is 0 Å². The average Bonchev–Trinajstić information content (AvgIpc) is 2.74. The summed E-state index contributed by atoms with van der Waals surface area (Å²) in [6, 6.07) is 23.2. The monoisotopic (exact) mass is 376 g/mol. The van der Waals surface area contributed by atoms with Crippen LogP contribution < -0.4 is 9.47 Å². The minimum absolute atomic E-state index is 0.0405. The fraction of sp³-hybridized carbons (Fsp3) is 0.208. The van der Waals surface area contributed by atoms with E-state index >= 15 is 0 Å². The maximum Gasteiger partial charge on any atom is 0.339 e. The quantitative estimate of drug-likeness (QED) is 0.563. The number of methoxy groups -OCH3 is 1. The Bertz CT molecular complexity index is 934. The number of para-hydroxylation sites is 2. The van der Waals surface area contributed by atoms with Crippen molar-refractivity contribution in [1.29, 1.82) is 0 Å². The van der Waals surface area contributed by atoms with E-state index in [-0.39, 0.29) is 11.5 Å². The molecule has 1 N–H and O–H groups in total. The summed E-state index contributed by atoms with van der Waals surface area (Å²) in [6.07, 6.45) is 0.783. The number of carboxylic acid groups (broad SMARTS) is 1. The van der Waals surface area contributed by atoms with Crippen LogP contribution in [0.25, 0.3) is 0 Å². The second kappa shape index (κ2) is 9.09. The van der Waals surface area contributed by atoms with Crippen molar-refractivity contribution in [3.8, 4) is 11.5 Å². The molecule has 3 rings (SSSR count). The van der Waals surface area contributed by atoms with Crippen LogP contribution in [0.1, 0.15) is 46.3 Å². The first-order valence-electron chi connectivity index (χ1n) is 9.31. The number of benzene rings is 3. The summed E-state index contributed by atoms with van der Waals surface area (Å²) in [5, 5.41) is 9.51. The molecule has 4 nitrogen and oxygen atoms in total. The first-order valence-corrected chi connectivity index (χ1v) is 9.31. The molecule has 1 atom stereocenters. The molecule has 0 heterocycles. The lowest BCUT2D eigenvalue weighted by atomic mass is 9.87. The highest BCUT2D eigenvalue weighted by Crippen LogP contribution is 2.40. The fourth-order valence-corrected chi connectivity index (χ4v) is 3.47. The van der Waals surface area contributed by atoms with Gasteiger partial charge in [0, 0.05) is 17.0 Å². The van der Waals surface area contributed by atoms with E-state index in [1.54, 1.807) is 12.1 Å². The van der Waals surface area contributed by atoms with Gasteiger partial charge < -0.3 is 14.6 Å². The first kappa shape index (κ1) is 19.5. The highest BCUT2D eigenvalue weighted by Gasteiger charge is 2.23. The zero-order chi connectivity index (χ0) is 19.9. The molecular formula is C24H24O4. The van der Waals surface area contributed by atoms with Gasteiger partial charge in [0.25, 0.3) is 0 Å². The Balaban J connectivity index is 1.98. The summed E-state index contributed by atoms with van der Waals surface area (Å²) in [7, 11) is 1.51. The zero-order valence-electron chi connectivity index (χ0n) is 16.1. The molecule has 28 heavy (non-hydrogen) atoms. The van der Waals surface area contributed by atoms with Crippen molar-refractivity contribution in [1.82, 2.24) is 0 Å². The van der Waals surface area contributed by atoms with Crippen molar-refractivity contribution in [3.63, 3.8) is 0 Å². The third-order valence-corrected chi connectivity index (χ3v) is 4.80. The number of carbonyl (C=O) groups is 1. The van der Waals surface area contributed by atoms with Crippen LogP contribution in [0.15, 0.2) is 72.8 Å². The lowest BCUT2D eigenvalue weighted by Crippen LogP contribution is -2.09. The SMILES string of the molecule is CCC(c1ccccc1OCc1ccccc1)c1cccc(C(=O)O)c1OC. The largest absolute Gasteiger partial charge is 0.496 e. The van der Waals surface area contributed by atoms with Crippen LogP contribution in [0.2, 0.25) is 0 Å². The van der Waals surface area contributed by atoms with Crippen molar-refractivity contribution in [2.45, 2.75) is 25.9 Å². The van der Waals surface area contributed by atoms with Gasteiger partial charge in [-0.2, -0.15) is 0 Å². The summed E-state index contributed by atoms with van der Waals surface area (Å²) < 4.78 is 11.6. The average molecular weight is 376 g/mol. The first-order chi connectivity index (χ1) is 13.7. The predicted molar refractivity (Wildman–Crippen MR) is 109 cm³/mol. The van der Waals surface area contributed by atoms with Gasteiger partial charge in [-0.15, -0.1) is 0 Å². The molecule has 0 bridgehead atoms. The Kier molecular flexibility index (Phi) is 6.33. The Morgan fingerprint density at radius 3 is 2.29 bits per heavy atom. The van der Waals surface area contributed by atoms with Crippen molar-refractivity contribution in [2.24, 2.45) is 0 Å². The van der Waals surface area contributed by atoms with E-state index in [1.165, 1.54) is 7.11 Å². The van der Waals surface area contributed by atoms with Gasteiger partial charge in [0.05, 0.1) is 7.11 Å². The molecule has 4 heteroatoms. The number of carboxylic acids is 1. The highest BCUT2D eigenvalue weighted by atomic mass is 16.5. The molecule has 0 saturated heterocycles. The van der Waals surface area contributed by atoms with E-state index in [0.717, 1.165) is 28.9 Å². The third-order valence-electron chi connectivity index (χ3n) is 4.80. The van der Waals surface area contributed by atoms with Gasteiger partial charge in [0.15, 0.2) is 0 Å². The van der Waals surface area contributed by atoms with Gasteiger partial charge >= 0.3 is 5.97 Å². The van der Waals surface area contributed by atoms with Crippen LogP contribution >= 0.6 is 0 Å². The molecule has 0 radical (unpaired) electrons. The predicted octanol–water partition coefficient (Wildman–Crippen LogP) is 5.51. The van der Waals surface area contributed by atoms with Gasteiger partial charge in [-0.1, -0.05) is 67.6 Å². The molecule has 144 valence electrons. The van der Waals surface area contributed by atoms with E-state index in [0.29, 0.717) is 12.4 Å². The second-order valence-corrected chi connectivity index (χ2v) is 6.51. The number of ether oxygens (including phenoxy) is 2. The molecule has 0 aliphatic heterocycles. The van der Waals surface area contributed by atoms with Crippen LogP contribution in [0.5, 0.6) is 11.5 Å². The third kappa shape index (κ3) is 4.17. The minimum atomic E-state index is -0.998. The van der Waals surface area contributed by atoms with Crippen LogP contribution in [-0.4, -0.2) is 18.2 Å².